The number of anilines is 1. The number of hydrogen-bond acceptors (Lipinski definition) is 6. The van der Waals surface area contributed by atoms with Crippen molar-refractivity contribution in [2.24, 2.45) is 7.05 Å². The van der Waals surface area contributed by atoms with Crippen LogP contribution in [0.15, 0.2) is 23.0 Å². The van der Waals surface area contributed by atoms with Crippen LogP contribution in [0.1, 0.15) is 22.9 Å². The Hall–Kier alpha value is -2.62. The zero-order valence-corrected chi connectivity index (χ0v) is 14.1. The highest BCUT2D eigenvalue weighted by Gasteiger charge is 2.36. The average Bonchev–Trinajstić information content (AvgIpc) is 3.20. The predicted octanol–water partition coefficient (Wildman–Crippen LogP) is 2.86. The topological polar surface area (TPSA) is 69.2 Å². The van der Waals surface area contributed by atoms with E-state index in [1.165, 1.54) is 6.92 Å². The Bertz CT molecular complexity index is 949. The molecular formula is C16H16F3N5O2. The molecule has 0 N–H and O–H groups in total. The van der Waals surface area contributed by atoms with Gasteiger partial charge in [0.05, 0.1) is 29.4 Å². The second-order valence-electron chi connectivity index (χ2n) is 6.23. The van der Waals surface area contributed by atoms with E-state index in [-0.39, 0.29) is 28.7 Å². The van der Waals surface area contributed by atoms with Crippen LogP contribution in [0.3, 0.4) is 0 Å². The SMILES string of the molecule is Cc1noc2nc(N3CCOC(c4cnn(C)c4)C3)cc(C(F)(F)F)c12. The smallest absolute Gasteiger partial charge is 0.370 e. The number of alkyl halides is 3. The molecule has 1 fully saturated rings. The summed E-state index contributed by atoms with van der Waals surface area (Å²) in [6.07, 6.45) is -1.31. The van der Waals surface area contributed by atoms with Crippen molar-refractivity contribution in [2.75, 3.05) is 24.6 Å². The molecule has 0 aliphatic carbocycles. The number of aromatic nitrogens is 4. The first-order valence-corrected chi connectivity index (χ1v) is 8.02. The third-order valence-electron chi connectivity index (χ3n) is 4.40. The van der Waals surface area contributed by atoms with Crippen LogP contribution in [0.4, 0.5) is 19.0 Å². The van der Waals surface area contributed by atoms with E-state index in [9.17, 15) is 13.2 Å². The molecule has 1 aliphatic heterocycles. The second kappa shape index (κ2) is 5.97. The lowest BCUT2D eigenvalue weighted by Gasteiger charge is -2.33. The molecule has 10 heteroatoms. The van der Waals surface area contributed by atoms with E-state index in [0.29, 0.717) is 19.7 Å². The predicted molar refractivity (Wildman–Crippen MR) is 85.7 cm³/mol. The van der Waals surface area contributed by atoms with E-state index in [4.69, 9.17) is 9.26 Å². The van der Waals surface area contributed by atoms with Gasteiger partial charge in [-0.3, -0.25) is 4.68 Å². The van der Waals surface area contributed by atoms with Crippen molar-refractivity contribution in [2.45, 2.75) is 19.2 Å². The average molecular weight is 367 g/mol. The van der Waals surface area contributed by atoms with Gasteiger partial charge in [0.1, 0.15) is 11.9 Å². The largest absolute Gasteiger partial charge is 0.417 e. The van der Waals surface area contributed by atoms with Crippen molar-refractivity contribution in [3.05, 3.63) is 35.3 Å². The molecular weight excluding hydrogens is 351 g/mol. The van der Waals surface area contributed by atoms with Crippen LogP contribution in [0, 0.1) is 6.92 Å². The fourth-order valence-electron chi connectivity index (χ4n) is 3.13. The van der Waals surface area contributed by atoms with Gasteiger partial charge < -0.3 is 14.2 Å². The Morgan fingerprint density at radius 3 is 2.81 bits per heavy atom. The van der Waals surface area contributed by atoms with Gasteiger partial charge in [-0.15, -0.1) is 0 Å². The van der Waals surface area contributed by atoms with Gasteiger partial charge in [-0.1, -0.05) is 5.16 Å². The number of halogens is 3. The van der Waals surface area contributed by atoms with Crippen LogP contribution >= 0.6 is 0 Å². The minimum Gasteiger partial charge on any atom is -0.370 e. The number of aryl methyl sites for hydroxylation is 2. The van der Waals surface area contributed by atoms with Crippen LogP contribution in [-0.2, 0) is 18.0 Å². The maximum absolute atomic E-state index is 13.5. The van der Waals surface area contributed by atoms with Crippen molar-refractivity contribution in [3.8, 4) is 0 Å². The first-order chi connectivity index (χ1) is 12.3. The van der Waals surface area contributed by atoms with Crippen LogP contribution in [0.25, 0.3) is 11.1 Å². The lowest BCUT2D eigenvalue weighted by atomic mass is 10.1. The molecule has 4 rings (SSSR count). The van der Waals surface area contributed by atoms with Crippen LogP contribution < -0.4 is 4.90 Å². The van der Waals surface area contributed by atoms with Gasteiger partial charge in [-0.05, 0) is 13.0 Å². The number of rotatable bonds is 2. The standard InChI is InChI=1S/C16H16F3N5O2/c1-9-14-11(16(17,18)19)5-13(21-15(14)26-22-9)24-3-4-25-12(8-24)10-6-20-23(2)7-10/h5-7,12H,3-4,8H2,1-2H3. The van der Waals surface area contributed by atoms with Crippen LogP contribution in [-0.4, -0.2) is 39.6 Å². The molecule has 1 saturated heterocycles. The lowest BCUT2D eigenvalue weighted by molar-refractivity contribution is -0.136. The zero-order valence-electron chi connectivity index (χ0n) is 14.1. The van der Waals surface area contributed by atoms with E-state index in [1.807, 2.05) is 6.20 Å². The number of pyridine rings is 1. The third kappa shape index (κ3) is 2.90. The highest BCUT2D eigenvalue weighted by Crippen LogP contribution is 2.38. The van der Waals surface area contributed by atoms with Crippen molar-refractivity contribution >= 4 is 16.9 Å². The molecule has 1 atom stereocenters. The van der Waals surface area contributed by atoms with Gasteiger partial charge >= 0.3 is 6.18 Å². The first-order valence-electron chi connectivity index (χ1n) is 8.02. The monoisotopic (exact) mass is 367 g/mol. The summed E-state index contributed by atoms with van der Waals surface area (Å²) in [5.74, 6) is 0.193. The Labute approximate surface area is 146 Å². The number of fused-ring (bicyclic) bond motifs is 1. The summed E-state index contributed by atoms with van der Waals surface area (Å²) in [5, 5.41) is 7.64. The lowest BCUT2D eigenvalue weighted by Crippen LogP contribution is -2.39. The third-order valence-corrected chi connectivity index (χ3v) is 4.40. The highest BCUT2D eigenvalue weighted by molar-refractivity contribution is 5.82. The summed E-state index contributed by atoms with van der Waals surface area (Å²) in [7, 11) is 1.79. The van der Waals surface area contributed by atoms with Crippen molar-refractivity contribution in [3.63, 3.8) is 0 Å². The summed E-state index contributed by atoms with van der Waals surface area (Å²) in [6, 6.07) is 1.05. The Balaban J connectivity index is 1.72. The van der Waals surface area contributed by atoms with Gasteiger partial charge in [0.25, 0.3) is 5.71 Å². The number of hydrogen-bond donors (Lipinski definition) is 0. The van der Waals surface area contributed by atoms with E-state index < -0.39 is 11.7 Å². The fourth-order valence-corrected chi connectivity index (χ4v) is 3.13. The molecule has 4 heterocycles. The van der Waals surface area contributed by atoms with Crippen molar-refractivity contribution < 1.29 is 22.4 Å². The van der Waals surface area contributed by atoms with Crippen LogP contribution in [0.2, 0.25) is 0 Å². The van der Waals surface area contributed by atoms with Gasteiger partial charge in [0.2, 0.25) is 0 Å². The van der Waals surface area contributed by atoms with E-state index in [2.05, 4.69) is 15.2 Å². The molecule has 0 saturated carbocycles. The first kappa shape index (κ1) is 16.8. The van der Waals surface area contributed by atoms with Gasteiger partial charge in [-0.25, -0.2) is 0 Å². The summed E-state index contributed by atoms with van der Waals surface area (Å²) in [6.45, 7) is 2.64. The Morgan fingerprint density at radius 2 is 2.12 bits per heavy atom. The second-order valence-corrected chi connectivity index (χ2v) is 6.23. The molecule has 0 spiro atoms. The summed E-state index contributed by atoms with van der Waals surface area (Å²) in [4.78, 5) is 6.01. The van der Waals surface area contributed by atoms with Crippen molar-refractivity contribution in [1.82, 2.24) is 19.9 Å². The van der Waals surface area contributed by atoms with Gasteiger partial charge in [0, 0.05) is 31.9 Å². The molecule has 0 amide bonds. The van der Waals surface area contributed by atoms with E-state index >= 15 is 0 Å². The Morgan fingerprint density at radius 1 is 1.31 bits per heavy atom. The molecule has 3 aromatic rings. The maximum Gasteiger partial charge on any atom is 0.417 e. The summed E-state index contributed by atoms with van der Waals surface area (Å²) in [5.41, 5.74) is 0.129. The Kier molecular flexibility index (Phi) is 3.87. The molecule has 26 heavy (non-hydrogen) atoms. The molecule has 3 aromatic heterocycles. The summed E-state index contributed by atoms with van der Waals surface area (Å²) >= 11 is 0. The minimum absolute atomic E-state index is 0.0988. The number of morpholine rings is 1. The molecule has 0 bridgehead atoms. The zero-order chi connectivity index (χ0) is 18.5. The van der Waals surface area contributed by atoms with Crippen molar-refractivity contribution in [1.29, 1.82) is 0 Å². The molecule has 138 valence electrons. The maximum atomic E-state index is 13.5. The molecule has 1 aliphatic rings. The number of ether oxygens (including phenoxy) is 1. The van der Waals surface area contributed by atoms with E-state index in [0.717, 1.165) is 11.6 Å². The number of nitrogens with zero attached hydrogens (tertiary/aromatic N) is 5. The molecule has 1 unspecified atom stereocenters. The molecule has 0 aromatic carbocycles. The summed E-state index contributed by atoms with van der Waals surface area (Å²) < 4.78 is 52.9. The molecule has 7 nitrogen and oxygen atoms in total. The van der Waals surface area contributed by atoms with Gasteiger partial charge in [-0.2, -0.15) is 23.3 Å². The normalized spacial score (nSPS) is 18.7. The van der Waals surface area contributed by atoms with E-state index in [1.54, 1.807) is 22.8 Å². The highest BCUT2D eigenvalue weighted by atomic mass is 19.4. The quantitative estimate of drug-likeness (QED) is 0.694. The van der Waals surface area contributed by atoms with Crippen LogP contribution in [0.5, 0.6) is 0 Å². The minimum atomic E-state index is -4.53. The fraction of sp³-hybridized carbons (Fsp3) is 0.438. The van der Waals surface area contributed by atoms with Gasteiger partial charge in [0.15, 0.2) is 0 Å². The molecule has 0 radical (unpaired) electrons.